The molecule has 3 heteroatoms. The Morgan fingerprint density at radius 1 is 0.972 bits per heavy atom. The fourth-order valence-electron chi connectivity index (χ4n) is 6.16. The average molecular weight is 489 g/mol. The topological polar surface area (TPSA) is 24.5 Å². The van der Waals surface area contributed by atoms with Gasteiger partial charge in [0.2, 0.25) is 0 Å². The maximum Gasteiger partial charge on any atom is 0.127 e. The molecule has 2 aromatic rings. The molecule has 0 spiro atoms. The minimum Gasteiger partial charge on any atom is -0.485 e. The molecule has 3 nitrogen and oxygen atoms in total. The lowest BCUT2D eigenvalue weighted by Gasteiger charge is -2.54. The quantitative estimate of drug-likeness (QED) is 0.465. The first-order valence-corrected chi connectivity index (χ1v) is 14.1. The molecule has 0 aliphatic carbocycles. The lowest BCUT2D eigenvalue weighted by atomic mass is 9.66. The molecule has 196 valence electrons. The predicted molar refractivity (Wildman–Crippen MR) is 153 cm³/mol. The van der Waals surface area contributed by atoms with Gasteiger partial charge in [-0.15, -0.1) is 0 Å². The van der Waals surface area contributed by atoms with E-state index in [2.05, 4.69) is 113 Å². The van der Waals surface area contributed by atoms with Crippen LogP contribution in [0.5, 0.6) is 5.75 Å². The molecule has 3 aliphatic rings. The summed E-state index contributed by atoms with van der Waals surface area (Å²) in [5.74, 6) is 1.95. The number of nitrogens with zero attached hydrogens (tertiary/aromatic N) is 1. The number of fused-ring (bicyclic) bond motifs is 1. The first kappa shape index (κ1) is 26.8. The molecular weight excluding hydrogens is 440 g/mol. The van der Waals surface area contributed by atoms with Crippen LogP contribution < -0.4 is 10.1 Å². The Morgan fingerprint density at radius 3 is 2.25 bits per heavy atom. The summed E-state index contributed by atoms with van der Waals surface area (Å²) in [6, 6.07) is 17.5. The molecule has 1 fully saturated rings. The van der Waals surface area contributed by atoms with Gasteiger partial charge in [0.05, 0.1) is 0 Å². The molecule has 0 radical (unpaired) electrons. The minimum atomic E-state index is 0.0833. The van der Waals surface area contributed by atoms with Gasteiger partial charge in [-0.05, 0) is 69.2 Å². The Balaban J connectivity index is 0.000000445. The number of nitrogens with one attached hydrogen (secondary N) is 1. The van der Waals surface area contributed by atoms with E-state index in [-0.39, 0.29) is 17.1 Å². The molecule has 1 N–H and O–H groups in total. The molecule has 0 bridgehead atoms. The predicted octanol–water partition coefficient (Wildman–Crippen LogP) is 7.89. The molecule has 0 saturated carbocycles. The van der Waals surface area contributed by atoms with Gasteiger partial charge in [0.25, 0.3) is 0 Å². The van der Waals surface area contributed by atoms with Crippen molar-refractivity contribution in [3.63, 3.8) is 0 Å². The van der Waals surface area contributed by atoms with Crippen molar-refractivity contribution in [3.05, 3.63) is 77.0 Å². The third kappa shape index (κ3) is 5.52. The van der Waals surface area contributed by atoms with Crippen molar-refractivity contribution < 1.29 is 4.74 Å². The Kier molecular flexibility index (Phi) is 8.19. The molecular formula is C33H48N2O. The second kappa shape index (κ2) is 11.0. The normalized spacial score (nSPS) is 28.2. The van der Waals surface area contributed by atoms with Crippen LogP contribution in [-0.2, 0) is 6.42 Å². The van der Waals surface area contributed by atoms with E-state index < -0.39 is 0 Å². The molecule has 4 atom stereocenters. The highest BCUT2D eigenvalue weighted by atomic mass is 16.5. The van der Waals surface area contributed by atoms with Crippen molar-refractivity contribution in [2.75, 3.05) is 20.1 Å². The number of allylic oxidation sites excluding steroid dienone is 2. The number of rotatable bonds is 2. The van der Waals surface area contributed by atoms with Crippen molar-refractivity contribution in [2.24, 2.45) is 11.3 Å². The van der Waals surface area contributed by atoms with Gasteiger partial charge in [0.15, 0.2) is 0 Å². The molecule has 36 heavy (non-hydrogen) atoms. The second-order valence-electron chi connectivity index (χ2n) is 12.5. The smallest absolute Gasteiger partial charge is 0.127 e. The van der Waals surface area contributed by atoms with E-state index in [1.807, 2.05) is 0 Å². The van der Waals surface area contributed by atoms with Gasteiger partial charge in [0.1, 0.15) is 11.9 Å². The van der Waals surface area contributed by atoms with Crippen molar-refractivity contribution in [2.45, 2.75) is 91.2 Å². The fourth-order valence-corrected chi connectivity index (χ4v) is 6.16. The molecule has 0 amide bonds. The molecule has 0 aromatic heterocycles. The van der Waals surface area contributed by atoms with Crippen LogP contribution in [0.25, 0.3) is 0 Å². The highest BCUT2D eigenvalue weighted by Gasteiger charge is 2.45. The van der Waals surface area contributed by atoms with Crippen LogP contribution >= 0.6 is 0 Å². The first-order chi connectivity index (χ1) is 17.1. The number of piperidine rings is 1. The van der Waals surface area contributed by atoms with E-state index in [0.29, 0.717) is 11.8 Å². The molecule has 5 rings (SSSR count). The summed E-state index contributed by atoms with van der Waals surface area (Å²) in [6.45, 7) is 16.6. The summed E-state index contributed by atoms with van der Waals surface area (Å²) < 4.78 is 6.79. The summed E-state index contributed by atoms with van der Waals surface area (Å²) in [4.78, 5) is 2.48. The Hall–Kier alpha value is -2.26. The van der Waals surface area contributed by atoms with Crippen LogP contribution in [0.15, 0.2) is 60.3 Å². The molecule has 1 saturated heterocycles. The highest BCUT2D eigenvalue weighted by Crippen LogP contribution is 2.50. The van der Waals surface area contributed by atoms with E-state index in [0.717, 1.165) is 18.6 Å². The number of hydrogen-bond donors (Lipinski definition) is 1. The van der Waals surface area contributed by atoms with Crippen molar-refractivity contribution in [1.29, 1.82) is 0 Å². The lowest BCUT2D eigenvalue weighted by molar-refractivity contribution is 0.0305. The first-order valence-electron chi connectivity index (χ1n) is 14.1. The summed E-state index contributed by atoms with van der Waals surface area (Å²) >= 11 is 0. The van der Waals surface area contributed by atoms with Crippen molar-refractivity contribution >= 4 is 0 Å². The largest absolute Gasteiger partial charge is 0.485 e. The second-order valence-corrected chi connectivity index (χ2v) is 12.5. The SMILES string of the molecule is C1CCNCC1.CC1=CC(c2cccc3c2OC(c2ccccc2)C(C)C3)CC(C)(C(C)(C)C)N1C. The number of para-hydroxylation sites is 1. The van der Waals surface area contributed by atoms with E-state index in [9.17, 15) is 0 Å². The average Bonchev–Trinajstić information content (AvgIpc) is 2.87. The molecule has 2 aromatic carbocycles. The third-order valence-electron chi connectivity index (χ3n) is 9.11. The maximum atomic E-state index is 6.79. The van der Waals surface area contributed by atoms with Gasteiger partial charge in [0, 0.05) is 35.7 Å². The Bertz CT molecular complexity index is 1020. The summed E-state index contributed by atoms with van der Waals surface area (Å²) in [6.07, 6.45) is 8.93. The van der Waals surface area contributed by atoms with Gasteiger partial charge in [-0.25, -0.2) is 0 Å². The zero-order valence-corrected chi connectivity index (χ0v) is 23.7. The van der Waals surface area contributed by atoms with Crippen LogP contribution in [0.3, 0.4) is 0 Å². The lowest BCUT2D eigenvalue weighted by Crippen LogP contribution is -2.55. The number of benzene rings is 2. The van der Waals surface area contributed by atoms with Crippen LogP contribution in [-0.4, -0.2) is 30.6 Å². The van der Waals surface area contributed by atoms with Crippen LogP contribution in [0.2, 0.25) is 0 Å². The zero-order chi connectivity index (χ0) is 25.9. The standard InChI is InChI=1S/C28H37NO.C5H11N/c1-19-16-22-14-11-15-24(26(22)30-25(19)21-12-9-8-10-13-21)23-17-20(2)29(7)28(6,18-23)27(3,4)5;1-2-4-6-5-3-1/h8-15,17,19,23,25H,16,18H2,1-7H3;6H,1-5H2. The van der Waals surface area contributed by atoms with Crippen LogP contribution in [0.4, 0.5) is 0 Å². The molecule has 3 heterocycles. The van der Waals surface area contributed by atoms with E-state index in [4.69, 9.17) is 4.74 Å². The van der Waals surface area contributed by atoms with E-state index in [1.54, 1.807) is 0 Å². The summed E-state index contributed by atoms with van der Waals surface area (Å²) in [7, 11) is 2.25. The number of ether oxygens (including phenoxy) is 1. The van der Waals surface area contributed by atoms with Crippen molar-refractivity contribution in [3.8, 4) is 5.75 Å². The van der Waals surface area contributed by atoms with E-state index in [1.165, 1.54) is 54.7 Å². The van der Waals surface area contributed by atoms with Gasteiger partial charge >= 0.3 is 0 Å². The Morgan fingerprint density at radius 2 is 1.67 bits per heavy atom. The van der Waals surface area contributed by atoms with Gasteiger partial charge in [-0.1, -0.05) is 88.7 Å². The van der Waals surface area contributed by atoms with Crippen molar-refractivity contribution in [1.82, 2.24) is 10.2 Å². The number of hydrogen-bond acceptors (Lipinski definition) is 3. The van der Waals surface area contributed by atoms with Gasteiger partial charge < -0.3 is 15.0 Å². The Labute approximate surface area is 220 Å². The maximum absolute atomic E-state index is 6.79. The molecule has 3 aliphatic heterocycles. The van der Waals surface area contributed by atoms with Crippen LogP contribution in [0, 0.1) is 11.3 Å². The summed E-state index contributed by atoms with van der Waals surface area (Å²) in [5.41, 5.74) is 5.59. The fraction of sp³-hybridized carbons (Fsp3) is 0.576. The van der Waals surface area contributed by atoms with Gasteiger partial charge in [-0.3, -0.25) is 0 Å². The van der Waals surface area contributed by atoms with Crippen LogP contribution in [0.1, 0.15) is 95.9 Å². The highest BCUT2D eigenvalue weighted by molar-refractivity contribution is 5.48. The minimum absolute atomic E-state index is 0.0833. The third-order valence-corrected chi connectivity index (χ3v) is 9.11. The summed E-state index contributed by atoms with van der Waals surface area (Å²) in [5, 5.41) is 3.28. The monoisotopic (exact) mass is 488 g/mol. The van der Waals surface area contributed by atoms with Gasteiger partial charge in [-0.2, -0.15) is 0 Å². The molecule has 4 unspecified atom stereocenters. The van der Waals surface area contributed by atoms with E-state index >= 15 is 0 Å². The zero-order valence-electron chi connectivity index (χ0n) is 23.7.